The number of carbonyl (C=O) groups is 1. The van der Waals surface area contributed by atoms with Crippen molar-refractivity contribution in [3.63, 3.8) is 0 Å². The molecule has 0 spiro atoms. The molecule has 1 amide bonds. The number of anilines is 1. The van der Waals surface area contributed by atoms with Crippen molar-refractivity contribution in [2.45, 2.75) is 6.61 Å². The summed E-state index contributed by atoms with van der Waals surface area (Å²) in [6, 6.07) is 9.94. The first kappa shape index (κ1) is 16.3. The van der Waals surface area contributed by atoms with Gasteiger partial charge in [-0.05, 0) is 23.8 Å². The summed E-state index contributed by atoms with van der Waals surface area (Å²) in [4.78, 5) is 18.9. The number of carboxylic acid groups (broad SMARTS) is 1. The molecule has 0 bridgehead atoms. The van der Waals surface area contributed by atoms with Gasteiger partial charge in [-0.1, -0.05) is 12.1 Å². The third kappa shape index (κ3) is 2.95. The molecule has 8 nitrogen and oxygen atoms in total. The van der Waals surface area contributed by atoms with Gasteiger partial charge in [-0.2, -0.15) is 5.10 Å². The number of aliphatic hydroxyl groups excluding tert-OH is 1. The number of benzene rings is 1. The van der Waals surface area contributed by atoms with E-state index < -0.39 is 6.09 Å². The van der Waals surface area contributed by atoms with Crippen LogP contribution in [0.5, 0.6) is 0 Å². The Morgan fingerprint density at radius 1 is 1.12 bits per heavy atom. The molecule has 1 fully saturated rings. The van der Waals surface area contributed by atoms with Crippen LogP contribution in [0.15, 0.2) is 42.7 Å². The molecule has 4 rings (SSSR count). The van der Waals surface area contributed by atoms with Gasteiger partial charge in [0.2, 0.25) is 0 Å². The van der Waals surface area contributed by atoms with Crippen LogP contribution in [-0.2, 0) is 6.61 Å². The molecule has 134 valence electrons. The van der Waals surface area contributed by atoms with Crippen LogP contribution in [0.25, 0.3) is 16.8 Å². The second-order valence-electron chi connectivity index (χ2n) is 6.20. The maximum Gasteiger partial charge on any atom is 0.407 e. The number of fused-ring (bicyclic) bond motifs is 1. The molecular weight excluding hydrogens is 334 g/mol. The van der Waals surface area contributed by atoms with Crippen LogP contribution in [0.4, 0.5) is 10.5 Å². The molecule has 1 aliphatic rings. The predicted molar refractivity (Wildman–Crippen MR) is 96.2 cm³/mol. The Bertz CT molecular complexity index is 930. The maximum atomic E-state index is 11.0. The van der Waals surface area contributed by atoms with Crippen LogP contribution < -0.4 is 4.90 Å². The first-order valence-electron chi connectivity index (χ1n) is 8.43. The van der Waals surface area contributed by atoms with Crippen molar-refractivity contribution < 1.29 is 15.0 Å². The summed E-state index contributed by atoms with van der Waals surface area (Å²) in [5, 5.41) is 23.1. The highest BCUT2D eigenvalue weighted by Crippen LogP contribution is 2.27. The summed E-state index contributed by atoms with van der Waals surface area (Å²) in [5.41, 5.74) is 4.19. The van der Waals surface area contributed by atoms with E-state index in [0.29, 0.717) is 31.9 Å². The second-order valence-corrected chi connectivity index (χ2v) is 6.20. The van der Waals surface area contributed by atoms with E-state index in [4.69, 9.17) is 5.11 Å². The van der Waals surface area contributed by atoms with Gasteiger partial charge < -0.3 is 20.0 Å². The van der Waals surface area contributed by atoms with E-state index in [9.17, 15) is 9.90 Å². The number of rotatable bonds is 3. The summed E-state index contributed by atoms with van der Waals surface area (Å²) in [5.74, 6) is 0. The molecule has 1 saturated heterocycles. The van der Waals surface area contributed by atoms with Crippen LogP contribution in [0.1, 0.15) is 5.69 Å². The number of aromatic nitrogens is 3. The molecule has 1 aromatic carbocycles. The number of hydrogen-bond acceptors (Lipinski definition) is 5. The van der Waals surface area contributed by atoms with E-state index in [2.05, 4.69) is 15.0 Å². The minimum Gasteiger partial charge on any atom is -0.465 e. The highest BCUT2D eigenvalue weighted by molar-refractivity contribution is 5.71. The predicted octanol–water partition coefficient (Wildman–Crippen LogP) is 1.69. The van der Waals surface area contributed by atoms with Gasteiger partial charge in [0, 0.05) is 49.8 Å². The van der Waals surface area contributed by atoms with Crippen LogP contribution in [-0.4, -0.2) is 62.0 Å². The Labute approximate surface area is 149 Å². The first-order chi connectivity index (χ1) is 12.7. The van der Waals surface area contributed by atoms with Crippen LogP contribution in [0, 0.1) is 0 Å². The molecule has 0 radical (unpaired) electrons. The summed E-state index contributed by atoms with van der Waals surface area (Å²) in [6.07, 6.45) is 2.56. The molecular formula is C18H19N5O3. The zero-order chi connectivity index (χ0) is 18.1. The number of amides is 1. The summed E-state index contributed by atoms with van der Waals surface area (Å²) in [7, 11) is 0. The highest BCUT2D eigenvalue weighted by atomic mass is 16.4. The number of aliphatic hydroxyl groups is 1. The van der Waals surface area contributed by atoms with E-state index in [1.807, 2.05) is 30.3 Å². The van der Waals surface area contributed by atoms with Crippen molar-refractivity contribution in [3.8, 4) is 11.1 Å². The summed E-state index contributed by atoms with van der Waals surface area (Å²) < 4.78 is 1.64. The van der Waals surface area contributed by atoms with E-state index in [1.165, 1.54) is 4.90 Å². The van der Waals surface area contributed by atoms with Crippen LogP contribution in [0.2, 0.25) is 0 Å². The average Bonchev–Trinajstić information content (AvgIpc) is 3.14. The lowest BCUT2D eigenvalue weighted by Crippen LogP contribution is -2.48. The Morgan fingerprint density at radius 3 is 2.50 bits per heavy atom. The van der Waals surface area contributed by atoms with Crippen LogP contribution >= 0.6 is 0 Å². The monoisotopic (exact) mass is 353 g/mol. The fourth-order valence-electron chi connectivity index (χ4n) is 3.27. The molecule has 1 aliphatic heterocycles. The van der Waals surface area contributed by atoms with Gasteiger partial charge in [0.25, 0.3) is 0 Å². The molecule has 2 aromatic heterocycles. The van der Waals surface area contributed by atoms with Gasteiger partial charge in [-0.3, -0.25) is 0 Å². The lowest BCUT2D eigenvalue weighted by molar-refractivity contribution is 0.142. The zero-order valence-electron chi connectivity index (χ0n) is 14.1. The normalized spacial score (nSPS) is 14.8. The quantitative estimate of drug-likeness (QED) is 0.744. The molecule has 2 N–H and O–H groups in total. The van der Waals surface area contributed by atoms with Crippen molar-refractivity contribution in [1.82, 2.24) is 19.5 Å². The van der Waals surface area contributed by atoms with Crippen molar-refractivity contribution in [3.05, 3.63) is 48.4 Å². The summed E-state index contributed by atoms with van der Waals surface area (Å²) in [6.45, 7) is 2.21. The van der Waals surface area contributed by atoms with Crippen molar-refractivity contribution >= 4 is 17.4 Å². The number of piperazine rings is 1. The van der Waals surface area contributed by atoms with Crippen molar-refractivity contribution in [1.29, 1.82) is 0 Å². The Kier molecular flexibility index (Phi) is 4.18. The molecule has 0 saturated carbocycles. The molecule has 0 unspecified atom stereocenters. The fraction of sp³-hybridized carbons (Fsp3) is 0.278. The standard InChI is InChI=1S/C18H19N5O3/c24-12-16-15(11-17-19-5-6-23(17)20-16)13-1-3-14(4-2-13)21-7-9-22(10-8-21)18(25)26/h1-6,11,24H,7-10,12H2,(H,25,26). The van der Waals surface area contributed by atoms with Gasteiger partial charge >= 0.3 is 6.09 Å². The molecule has 3 heterocycles. The average molecular weight is 353 g/mol. The zero-order valence-corrected chi connectivity index (χ0v) is 14.1. The molecule has 3 aromatic rings. The fourth-order valence-corrected chi connectivity index (χ4v) is 3.27. The van der Waals surface area contributed by atoms with Gasteiger partial charge in [-0.15, -0.1) is 0 Å². The second kappa shape index (κ2) is 6.64. The van der Waals surface area contributed by atoms with Gasteiger partial charge in [-0.25, -0.2) is 14.3 Å². The largest absolute Gasteiger partial charge is 0.465 e. The third-order valence-corrected chi connectivity index (χ3v) is 4.71. The minimum atomic E-state index is -0.863. The van der Waals surface area contributed by atoms with E-state index >= 15 is 0 Å². The van der Waals surface area contributed by atoms with Gasteiger partial charge in [0.05, 0.1) is 12.3 Å². The number of nitrogens with zero attached hydrogens (tertiary/aromatic N) is 5. The third-order valence-electron chi connectivity index (χ3n) is 4.71. The Morgan fingerprint density at radius 2 is 1.85 bits per heavy atom. The SMILES string of the molecule is O=C(O)N1CCN(c2ccc(-c3cc4nccn4nc3CO)cc2)CC1. The lowest BCUT2D eigenvalue weighted by Gasteiger charge is -2.34. The molecule has 0 aliphatic carbocycles. The Hall–Kier alpha value is -3.13. The maximum absolute atomic E-state index is 11.0. The minimum absolute atomic E-state index is 0.150. The van der Waals surface area contributed by atoms with Crippen molar-refractivity contribution in [2.75, 3.05) is 31.1 Å². The number of hydrogen-bond donors (Lipinski definition) is 2. The van der Waals surface area contributed by atoms with E-state index in [-0.39, 0.29) is 6.61 Å². The van der Waals surface area contributed by atoms with Crippen LogP contribution in [0.3, 0.4) is 0 Å². The smallest absolute Gasteiger partial charge is 0.407 e. The van der Waals surface area contributed by atoms with Crippen molar-refractivity contribution in [2.24, 2.45) is 0 Å². The summed E-state index contributed by atoms with van der Waals surface area (Å²) >= 11 is 0. The Balaban J connectivity index is 1.57. The van der Waals surface area contributed by atoms with E-state index in [0.717, 1.165) is 22.5 Å². The van der Waals surface area contributed by atoms with Gasteiger partial charge in [0.15, 0.2) is 5.65 Å². The van der Waals surface area contributed by atoms with E-state index in [1.54, 1.807) is 16.9 Å². The number of imidazole rings is 1. The highest BCUT2D eigenvalue weighted by Gasteiger charge is 2.20. The molecule has 26 heavy (non-hydrogen) atoms. The van der Waals surface area contributed by atoms with Gasteiger partial charge in [0.1, 0.15) is 0 Å². The lowest BCUT2D eigenvalue weighted by atomic mass is 10.0. The molecule has 0 atom stereocenters. The molecule has 8 heteroatoms. The first-order valence-corrected chi connectivity index (χ1v) is 8.43. The topological polar surface area (TPSA) is 94.2 Å².